The van der Waals surface area contributed by atoms with Gasteiger partial charge in [-0.25, -0.2) is 4.99 Å². The third-order valence-electron chi connectivity index (χ3n) is 2.67. The van der Waals surface area contributed by atoms with Crippen molar-refractivity contribution in [2.75, 3.05) is 27.2 Å². The predicted octanol–water partition coefficient (Wildman–Crippen LogP) is 2.61. The van der Waals surface area contributed by atoms with E-state index in [1.54, 1.807) is 0 Å². The molecule has 0 aliphatic rings. The van der Waals surface area contributed by atoms with Crippen LogP contribution < -0.4 is 10.6 Å². The molecule has 2 N–H and O–H groups in total. The number of rotatable bonds is 7. The van der Waals surface area contributed by atoms with Crippen LogP contribution in [0.15, 0.2) is 41.9 Å². The van der Waals surface area contributed by atoms with Crippen LogP contribution in [0.1, 0.15) is 18.1 Å². The van der Waals surface area contributed by atoms with Crippen molar-refractivity contribution in [2.24, 2.45) is 4.99 Å². The number of halogens is 1. The molecule has 0 spiro atoms. The standard InChI is InChI=1S/C16H26N4.HI/c1-5-10-18-16(17-6-2)19-12-14-8-7-9-15(11-14)13-20(3)4;/h5,7-9,11H,1,6,10,12-13H2,2-4H3,(H2,17,18,19);1H. The summed E-state index contributed by atoms with van der Waals surface area (Å²) in [5, 5.41) is 6.42. The lowest BCUT2D eigenvalue weighted by atomic mass is 10.1. The quantitative estimate of drug-likeness (QED) is 0.319. The van der Waals surface area contributed by atoms with Crippen molar-refractivity contribution in [3.63, 3.8) is 0 Å². The fourth-order valence-electron chi connectivity index (χ4n) is 1.87. The molecule has 0 amide bonds. The van der Waals surface area contributed by atoms with Crippen LogP contribution >= 0.6 is 24.0 Å². The minimum absolute atomic E-state index is 0. The normalized spacial score (nSPS) is 11.0. The fraction of sp³-hybridized carbons (Fsp3) is 0.438. The molecule has 0 atom stereocenters. The predicted molar refractivity (Wildman–Crippen MR) is 102 cm³/mol. The van der Waals surface area contributed by atoms with Crippen molar-refractivity contribution >= 4 is 29.9 Å². The first-order valence-electron chi connectivity index (χ1n) is 7.01. The molecule has 1 rings (SSSR count). The minimum Gasteiger partial charge on any atom is -0.357 e. The highest BCUT2D eigenvalue weighted by Gasteiger charge is 1.99. The zero-order chi connectivity index (χ0) is 14.8. The van der Waals surface area contributed by atoms with Crippen LogP contribution in [0.3, 0.4) is 0 Å². The summed E-state index contributed by atoms with van der Waals surface area (Å²) in [7, 11) is 4.15. The van der Waals surface area contributed by atoms with E-state index < -0.39 is 0 Å². The van der Waals surface area contributed by atoms with Gasteiger partial charge in [0.2, 0.25) is 0 Å². The maximum absolute atomic E-state index is 4.57. The molecular formula is C16H27IN4. The number of nitrogens with one attached hydrogen (secondary N) is 2. The maximum atomic E-state index is 4.57. The van der Waals surface area contributed by atoms with Crippen molar-refractivity contribution < 1.29 is 0 Å². The Bertz CT molecular complexity index is 444. The molecule has 0 fully saturated rings. The first kappa shape index (κ1) is 19.9. The average molecular weight is 402 g/mol. The highest BCUT2D eigenvalue weighted by Crippen LogP contribution is 2.08. The molecule has 5 heteroatoms. The smallest absolute Gasteiger partial charge is 0.191 e. The second-order valence-corrected chi connectivity index (χ2v) is 4.92. The molecule has 0 heterocycles. The Morgan fingerprint density at radius 3 is 2.62 bits per heavy atom. The number of nitrogens with zero attached hydrogens (tertiary/aromatic N) is 2. The van der Waals surface area contributed by atoms with Crippen LogP contribution in [0, 0.1) is 0 Å². The van der Waals surface area contributed by atoms with Gasteiger partial charge in [0.1, 0.15) is 0 Å². The summed E-state index contributed by atoms with van der Waals surface area (Å²) in [4.78, 5) is 6.74. The zero-order valence-electron chi connectivity index (χ0n) is 13.2. The van der Waals surface area contributed by atoms with E-state index in [-0.39, 0.29) is 24.0 Å². The van der Waals surface area contributed by atoms with Gasteiger partial charge in [-0.2, -0.15) is 0 Å². The van der Waals surface area contributed by atoms with E-state index in [1.165, 1.54) is 11.1 Å². The zero-order valence-corrected chi connectivity index (χ0v) is 15.6. The van der Waals surface area contributed by atoms with Crippen LogP contribution in [0.5, 0.6) is 0 Å². The molecule has 118 valence electrons. The lowest BCUT2D eigenvalue weighted by molar-refractivity contribution is 0.402. The SMILES string of the molecule is C=CCNC(=NCc1cccc(CN(C)C)c1)NCC.I. The lowest BCUT2D eigenvalue weighted by Crippen LogP contribution is -2.37. The van der Waals surface area contributed by atoms with E-state index in [0.29, 0.717) is 13.1 Å². The van der Waals surface area contributed by atoms with Gasteiger partial charge >= 0.3 is 0 Å². The van der Waals surface area contributed by atoms with Gasteiger partial charge in [-0.1, -0.05) is 30.3 Å². The van der Waals surface area contributed by atoms with Crippen LogP contribution in [0.25, 0.3) is 0 Å². The lowest BCUT2D eigenvalue weighted by Gasteiger charge is -2.11. The third kappa shape index (κ3) is 8.72. The second kappa shape index (κ2) is 11.6. The van der Waals surface area contributed by atoms with Gasteiger partial charge < -0.3 is 15.5 Å². The van der Waals surface area contributed by atoms with Gasteiger partial charge in [-0.15, -0.1) is 30.6 Å². The fourth-order valence-corrected chi connectivity index (χ4v) is 1.87. The Balaban J connectivity index is 0.00000400. The van der Waals surface area contributed by atoms with Crippen molar-refractivity contribution in [3.8, 4) is 0 Å². The summed E-state index contributed by atoms with van der Waals surface area (Å²) in [6, 6.07) is 8.56. The Hall–Kier alpha value is -1.08. The summed E-state index contributed by atoms with van der Waals surface area (Å²) in [5.74, 6) is 0.824. The van der Waals surface area contributed by atoms with Crippen molar-refractivity contribution in [1.29, 1.82) is 0 Å². The molecular weight excluding hydrogens is 375 g/mol. The number of aliphatic imine (C=N–C) groups is 1. The van der Waals surface area contributed by atoms with E-state index >= 15 is 0 Å². The molecule has 21 heavy (non-hydrogen) atoms. The Labute approximate surface area is 145 Å². The summed E-state index contributed by atoms with van der Waals surface area (Å²) >= 11 is 0. The van der Waals surface area contributed by atoms with E-state index in [2.05, 4.69) is 72.4 Å². The summed E-state index contributed by atoms with van der Waals surface area (Å²) in [5.41, 5.74) is 2.53. The van der Waals surface area contributed by atoms with Gasteiger partial charge in [0.25, 0.3) is 0 Å². The Morgan fingerprint density at radius 2 is 2.00 bits per heavy atom. The largest absolute Gasteiger partial charge is 0.357 e. The highest BCUT2D eigenvalue weighted by atomic mass is 127. The Kier molecular flexibility index (Phi) is 11.0. The minimum atomic E-state index is 0. The molecule has 0 saturated carbocycles. The summed E-state index contributed by atoms with van der Waals surface area (Å²) in [6.45, 7) is 8.95. The highest BCUT2D eigenvalue weighted by molar-refractivity contribution is 14.0. The van der Waals surface area contributed by atoms with Crippen LogP contribution in [0.2, 0.25) is 0 Å². The molecule has 1 aromatic rings. The molecule has 4 nitrogen and oxygen atoms in total. The first-order chi connectivity index (χ1) is 9.65. The van der Waals surface area contributed by atoms with E-state index in [1.807, 2.05) is 6.08 Å². The number of guanidine groups is 1. The van der Waals surface area contributed by atoms with E-state index in [9.17, 15) is 0 Å². The van der Waals surface area contributed by atoms with Crippen LogP contribution in [-0.2, 0) is 13.1 Å². The monoisotopic (exact) mass is 402 g/mol. The number of benzene rings is 1. The molecule has 0 aliphatic carbocycles. The van der Waals surface area contributed by atoms with Gasteiger partial charge in [0.15, 0.2) is 5.96 Å². The van der Waals surface area contributed by atoms with Gasteiger partial charge in [0.05, 0.1) is 6.54 Å². The summed E-state index contributed by atoms with van der Waals surface area (Å²) < 4.78 is 0. The van der Waals surface area contributed by atoms with Crippen molar-refractivity contribution in [1.82, 2.24) is 15.5 Å². The molecule has 0 saturated heterocycles. The second-order valence-electron chi connectivity index (χ2n) is 4.92. The maximum Gasteiger partial charge on any atom is 0.191 e. The average Bonchev–Trinajstić information content (AvgIpc) is 2.41. The molecule has 0 bridgehead atoms. The third-order valence-corrected chi connectivity index (χ3v) is 2.67. The van der Waals surface area contributed by atoms with E-state index in [0.717, 1.165) is 19.0 Å². The topological polar surface area (TPSA) is 39.7 Å². The van der Waals surface area contributed by atoms with E-state index in [4.69, 9.17) is 0 Å². The Morgan fingerprint density at radius 1 is 1.29 bits per heavy atom. The molecule has 1 aromatic carbocycles. The first-order valence-corrected chi connectivity index (χ1v) is 7.01. The molecule has 0 radical (unpaired) electrons. The van der Waals surface area contributed by atoms with Crippen molar-refractivity contribution in [2.45, 2.75) is 20.0 Å². The van der Waals surface area contributed by atoms with Gasteiger partial charge in [-0.05, 0) is 32.1 Å². The molecule has 0 unspecified atom stereocenters. The van der Waals surface area contributed by atoms with Gasteiger partial charge in [0, 0.05) is 19.6 Å². The molecule has 0 aromatic heterocycles. The number of hydrogen-bond donors (Lipinski definition) is 2. The van der Waals surface area contributed by atoms with Crippen LogP contribution in [0.4, 0.5) is 0 Å². The van der Waals surface area contributed by atoms with Crippen molar-refractivity contribution in [3.05, 3.63) is 48.0 Å². The summed E-state index contributed by atoms with van der Waals surface area (Å²) in [6.07, 6.45) is 1.82. The van der Waals surface area contributed by atoms with Crippen LogP contribution in [-0.4, -0.2) is 38.0 Å². The molecule has 0 aliphatic heterocycles. The van der Waals surface area contributed by atoms with Gasteiger partial charge in [-0.3, -0.25) is 0 Å². The number of hydrogen-bond acceptors (Lipinski definition) is 2.